The van der Waals surface area contributed by atoms with Crippen molar-refractivity contribution in [3.05, 3.63) is 217 Å². The summed E-state index contributed by atoms with van der Waals surface area (Å²) in [6.45, 7) is 0. The molecule has 0 bridgehead atoms. The first kappa shape index (κ1) is 32.5. The quantitative estimate of drug-likeness (QED) is 0.166. The first-order valence-electron chi connectivity index (χ1n) is 18.8. The van der Waals surface area contributed by atoms with Gasteiger partial charge in [-0.25, -0.2) is 4.98 Å². The lowest BCUT2D eigenvalue weighted by molar-refractivity contribution is 0.871. The summed E-state index contributed by atoms with van der Waals surface area (Å²) in [5, 5.41) is 2.31. The lowest BCUT2D eigenvalue weighted by Gasteiger charge is -2.23. The minimum Gasteiger partial charge on any atom is -0.278 e. The summed E-state index contributed by atoms with van der Waals surface area (Å²) in [6.07, 6.45) is 5.70. The van der Waals surface area contributed by atoms with Crippen LogP contribution >= 0.6 is 0 Å². The Hall–Kier alpha value is -7.17. The standard InChI is InChI=1S/C51H36N4/c1-5-15-35(16-6-1)38-25-27-40(28-26-38)50-52-49(39-21-11-4-12-22-39)53-51(54-50)55-47-24-14-13-23-45(47)46-30-29-41(34-48(46)55)44-32-42(36-17-7-2-8-18-36)31-43(33-44)37-19-9-3-10-20-37/h1-32,34,43H,33H2. The van der Waals surface area contributed by atoms with E-state index in [0.29, 0.717) is 17.6 Å². The number of allylic oxidation sites excluding steroid dienone is 4. The van der Waals surface area contributed by atoms with Gasteiger partial charge in [-0.15, -0.1) is 0 Å². The fourth-order valence-electron chi connectivity index (χ4n) is 7.87. The summed E-state index contributed by atoms with van der Waals surface area (Å²) in [7, 11) is 0. The molecule has 0 N–H and O–H groups in total. The first-order chi connectivity index (χ1) is 27.2. The Morgan fingerprint density at radius 1 is 0.418 bits per heavy atom. The molecular weight excluding hydrogens is 669 g/mol. The average Bonchev–Trinajstić information content (AvgIpc) is 3.61. The molecule has 0 radical (unpaired) electrons. The van der Waals surface area contributed by atoms with E-state index < -0.39 is 0 Å². The molecule has 1 aliphatic carbocycles. The highest BCUT2D eigenvalue weighted by atomic mass is 15.2. The largest absolute Gasteiger partial charge is 0.278 e. The van der Waals surface area contributed by atoms with Gasteiger partial charge in [0.2, 0.25) is 5.95 Å². The molecule has 0 saturated carbocycles. The Balaban J connectivity index is 1.15. The lowest BCUT2D eigenvalue weighted by atomic mass is 9.81. The molecule has 4 heteroatoms. The molecule has 0 fully saturated rings. The second kappa shape index (κ2) is 14.0. The molecular formula is C51H36N4. The average molecular weight is 705 g/mol. The van der Waals surface area contributed by atoms with Crippen molar-refractivity contribution in [3.8, 4) is 39.9 Å². The van der Waals surface area contributed by atoms with Crippen LogP contribution in [0.1, 0.15) is 29.0 Å². The van der Waals surface area contributed by atoms with Crippen molar-refractivity contribution in [2.75, 3.05) is 0 Å². The van der Waals surface area contributed by atoms with E-state index in [1.807, 2.05) is 24.3 Å². The fourth-order valence-corrected chi connectivity index (χ4v) is 7.87. The van der Waals surface area contributed by atoms with Gasteiger partial charge in [0, 0.05) is 27.8 Å². The van der Waals surface area contributed by atoms with E-state index in [0.717, 1.165) is 44.9 Å². The van der Waals surface area contributed by atoms with Crippen LogP contribution < -0.4 is 0 Å². The third-order valence-corrected chi connectivity index (χ3v) is 10.6. The van der Waals surface area contributed by atoms with Crippen LogP contribution in [0.4, 0.5) is 0 Å². The molecule has 0 aliphatic heterocycles. The van der Waals surface area contributed by atoms with E-state index in [1.165, 1.54) is 33.4 Å². The summed E-state index contributed by atoms with van der Waals surface area (Å²) in [4.78, 5) is 15.5. The number of hydrogen-bond donors (Lipinski definition) is 0. The highest BCUT2D eigenvalue weighted by Gasteiger charge is 2.22. The predicted molar refractivity (Wildman–Crippen MR) is 227 cm³/mol. The molecule has 1 unspecified atom stereocenters. The SMILES string of the molecule is C1=C(c2ccccc2)C=C(c2ccc3c4ccccc4n(-c4nc(-c5ccccc5)nc(-c5ccc(-c6ccccc6)cc5)n4)c3c2)CC1c1ccccc1. The number of nitrogens with zero attached hydrogens (tertiary/aromatic N) is 4. The van der Waals surface area contributed by atoms with Crippen molar-refractivity contribution in [2.45, 2.75) is 12.3 Å². The van der Waals surface area contributed by atoms with Crippen LogP contribution in [0.5, 0.6) is 0 Å². The van der Waals surface area contributed by atoms with Gasteiger partial charge in [0.05, 0.1) is 11.0 Å². The molecule has 7 aromatic carbocycles. The zero-order chi connectivity index (χ0) is 36.6. The fraction of sp³-hybridized carbons (Fsp3) is 0.0392. The molecule has 4 nitrogen and oxygen atoms in total. The number of para-hydroxylation sites is 1. The Bertz CT molecular complexity index is 2860. The summed E-state index contributed by atoms with van der Waals surface area (Å²) in [6, 6.07) is 66.1. The number of aromatic nitrogens is 4. The van der Waals surface area contributed by atoms with Gasteiger partial charge in [-0.2, -0.15) is 9.97 Å². The van der Waals surface area contributed by atoms with Crippen molar-refractivity contribution in [3.63, 3.8) is 0 Å². The zero-order valence-electron chi connectivity index (χ0n) is 30.1. The van der Waals surface area contributed by atoms with Gasteiger partial charge in [-0.05, 0) is 57.5 Å². The topological polar surface area (TPSA) is 43.6 Å². The van der Waals surface area contributed by atoms with Crippen molar-refractivity contribution in [1.29, 1.82) is 0 Å². The van der Waals surface area contributed by atoms with E-state index in [9.17, 15) is 0 Å². The Labute approximate surface area is 320 Å². The predicted octanol–water partition coefficient (Wildman–Crippen LogP) is 12.6. The Kier molecular flexibility index (Phi) is 8.27. The molecule has 0 spiro atoms. The third-order valence-electron chi connectivity index (χ3n) is 10.6. The van der Waals surface area contributed by atoms with Gasteiger partial charge in [0.1, 0.15) is 0 Å². The second-order valence-corrected chi connectivity index (χ2v) is 14.1. The lowest BCUT2D eigenvalue weighted by Crippen LogP contribution is -2.07. The van der Waals surface area contributed by atoms with Crippen LogP contribution in [0, 0.1) is 0 Å². The van der Waals surface area contributed by atoms with Gasteiger partial charge in [0.15, 0.2) is 11.6 Å². The van der Waals surface area contributed by atoms with Gasteiger partial charge >= 0.3 is 0 Å². The maximum absolute atomic E-state index is 5.24. The molecule has 10 rings (SSSR count). The monoisotopic (exact) mass is 704 g/mol. The van der Waals surface area contributed by atoms with Crippen molar-refractivity contribution in [2.24, 2.45) is 0 Å². The van der Waals surface area contributed by atoms with Gasteiger partial charge in [-0.1, -0.05) is 188 Å². The van der Waals surface area contributed by atoms with E-state index >= 15 is 0 Å². The van der Waals surface area contributed by atoms with Crippen LogP contribution in [0.25, 0.3) is 72.8 Å². The van der Waals surface area contributed by atoms with Gasteiger partial charge in [-0.3, -0.25) is 4.57 Å². The van der Waals surface area contributed by atoms with E-state index in [-0.39, 0.29) is 5.92 Å². The van der Waals surface area contributed by atoms with Crippen LogP contribution in [-0.4, -0.2) is 19.5 Å². The zero-order valence-corrected chi connectivity index (χ0v) is 30.1. The van der Waals surface area contributed by atoms with E-state index in [4.69, 9.17) is 15.0 Å². The molecule has 2 aromatic heterocycles. The van der Waals surface area contributed by atoms with Crippen molar-refractivity contribution < 1.29 is 0 Å². The maximum Gasteiger partial charge on any atom is 0.238 e. The molecule has 1 aliphatic rings. The van der Waals surface area contributed by atoms with Gasteiger partial charge < -0.3 is 0 Å². The minimum atomic E-state index is 0.255. The van der Waals surface area contributed by atoms with E-state index in [1.54, 1.807) is 0 Å². The molecule has 2 heterocycles. The van der Waals surface area contributed by atoms with Crippen molar-refractivity contribution >= 4 is 33.0 Å². The van der Waals surface area contributed by atoms with Crippen LogP contribution in [0.3, 0.4) is 0 Å². The second-order valence-electron chi connectivity index (χ2n) is 14.1. The Morgan fingerprint density at radius 2 is 0.927 bits per heavy atom. The van der Waals surface area contributed by atoms with Crippen LogP contribution in [-0.2, 0) is 0 Å². The number of hydrogen-bond acceptors (Lipinski definition) is 3. The Morgan fingerprint density at radius 3 is 1.62 bits per heavy atom. The molecule has 9 aromatic rings. The van der Waals surface area contributed by atoms with Gasteiger partial charge in [0.25, 0.3) is 0 Å². The molecule has 55 heavy (non-hydrogen) atoms. The first-order valence-corrected chi connectivity index (χ1v) is 18.8. The van der Waals surface area contributed by atoms with Crippen LogP contribution in [0.15, 0.2) is 200 Å². The van der Waals surface area contributed by atoms with Crippen LogP contribution in [0.2, 0.25) is 0 Å². The molecule has 0 saturated heterocycles. The normalized spacial score (nSPS) is 14.1. The number of rotatable bonds is 7. The smallest absolute Gasteiger partial charge is 0.238 e. The highest BCUT2D eigenvalue weighted by molar-refractivity contribution is 6.10. The summed E-state index contributed by atoms with van der Waals surface area (Å²) < 4.78 is 2.22. The molecule has 1 atom stereocenters. The highest BCUT2D eigenvalue weighted by Crippen LogP contribution is 2.41. The molecule has 260 valence electrons. The molecule has 0 amide bonds. The van der Waals surface area contributed by atoms with E-state index in [2.05, 4.69) is 181 Å². The minimum absolute atomic E-state index is 0.255. The maximum atomic E-state index is 5.24. The summed E-state index contributed by atoms with van der Waals surface area (Å²) >= 11 is 0. The number of fused-ring (bicyclic) bond motifs is 3. The summed E-state index contributed by atoms with van der Waals surface area (Å²) in [5.74, 6) is 2.10. The summed E-state index contributed by atoms with van der Waals surface area (Å²) in [5.41, 5.74) is 12.6. The third kappa shape index (κ3) is 6.24. The van der Waals surface area contributed by atoms with Crippen molar-refractivity contribution in [1.82, 2.24) is 19.5 Å². The number of benzene rings is 7.